The van der Waals surface area contributed by atoms with Crippen molar-refractivity contribution in [1.82, 2.24) is 0 Å². The van der Waals surface area contributed by atoms with E-state index in [4.69, 9.17) is 16.3 Å². The third-order valence-corrected chi connectivity index (χ3v) is 3.06. The van der Waals surface area contributed by atoms with E-state index in [1.165, 1.54) is 18.2 Å². The Morgan fingerprint density at radius 1 is 1.05 bits per heavy atom. The second kappa shape index (κ2) is 5.75. The van der Waals surface area contributed by atoms with Crippen LogP contribution in [0.4, 0.5) is 13.2 Å². The van der Waals surface area contributed by atoms with Crippen molar-refractivity contribution in [3.05, 3.63) is 59.2 Å². The fourth-order valence-electron chi connectivity index (χ4n) is 1.82. The molecule has 0 radical (unpaired) electrons. The van der Waals surface area contributed by atoms with Crippen LogP contribution in [-0.2, 0) is 12.1 Å². The molecule has 0 amide bonds. The number of para-hydroxylation sites is 1. The molecule has 0 atom stereocenters. The summed E-state index contributed by atoms with van der Waals surface area (Å²) >= 11 is 5.80. The van der Waals surface area contributed by atoms with E-state index in [0.29, 0.717) is 11.3 Å². The van der Waals surface area contributed by atoms with E-state index in [0.717, 1.165) is 11.6 Å². The summed E-state index contributed by atoms with van der Waals surface area (Å²) in [6, 6.07) is 10.3. The van der Waals surface area contributed by atoms with Crippen LogP contribution in [0.5, 0.6) is 11.5 Å². The van der Waals surface area contributed by atoms with E-state index < -0.39 is 11.7 Å². The summed E-state index contributed by atoms with van der Waals surface area (Å²) in [7, 11) is 0. The molecule has 1 nitrogen and oxygen atoms in total. The standard InChI is InChI=1S/C15H12ClF3O/c1-10-6-7-13(11(8-10)9-16)20-14-5-3-2-4-12(14)15(17,18)19/h2-8H,9H2,1H3. The molecule has 2 aromatic carbocycles. The fraction of sp³-hybridized carbons (Fsp3) is 0.200. The molecule has 0 N–H and O–H groups in total. The van der Waals surface area contributed by atoms with Crippen LogP contribution in [0.2, 0.25) is 0 Å². The van der Waals surface area contributed by atoms with Gasteiger partial charge in [-0.1, -0.05) is 29.8 Å². The summed E-state index contributed by atoms with van der Waals surface area (Å²) in [5, 5.41) is 0. The first kappa shape index (κ1) is 14.7. The summed E-state index contributed by atoms with van der Waals surface area (Å²) in [6.07, 6.45) is -4.46. The first-order valence-corrected chi connectivity index (χ1v) is 6.45. The van der Waals surface area contributed by atoms with Gasteiger partial charge in [0, 0.05) is 5.56 Å². The zero-order valence-corrected chi connectivity index (χ0v) is 11.4. The summed E-state index contributed by atoms with van der Waals surface area (Å²) in [4.78, 5) is 0. The Hall–Kier alpha value is -1.68. The van der Waals surface area contributed by atoms with Crippen LogP contribution in [-0.4, -0.2) is 0 Å². The third-order valence-electron chi connectivity index (χ3n) is 2.77. The molecule has 0 heterocycles. The minimum absolute atomic E-state index is 0.172. The molecule has 2 aromatic rings. The number of benzene rings is 2. The van der Waals surface area contributed by atoms with E-state index in [2.05, 4.69) is 0 Å². The Bertz CT molecular complexity index is 608. The van der Waals surface area contributed by atoms with Gasteiger partial charge in [0.1, 0.15) is 11.5 Å². The van der Waals surface area contributed by atoms with Crippen molar-refractivity contribution >= 4 is 11.6 Å². The van der Waals surface area contributed by atoms with Crippen LogP contribution in [0.25, 0.3) is 0 Å². The normalized spacial score (nSPS) is 11.4. The number of rotatable bonds is 3. The molecule has 5 heteroatoms. The molecule has 0 fully saturated rings. The lowest BCUT2D eigenvalue weighted by Gasteiger charge is -2.15. The molecule has 0 aromatic heterocycles. The summed E-state index contributed by atoms with van der Waals surface area (Å²) in [6.45, 7) is 1.88. The van der Waals surface area contributed by atoms with E-state index in [-0.39, 0.29) is 11.6 Å². The van der Waals surface area contributed by atoms with Crippen LogP contribution in [0.1, 0.15) is 16.7 Å². The molecule has 0 aliphatic rings. The van der Waals surface area contributed by atoms with Gasteiger partial charge in [-0.15, -0.1) is 11.6 Å². The Balaban J connectivity index is 2.41. The zero-order valence-electron chi connectivity index (χ0n) is 10.7. The first-order chi connectivity index (χ1) is 9.41. The minimum atomic E-state index is -4.46. The number of halogens is 4. The smallest absolute Gasteiger partial charge is 0.419 e. The Morgan fingerprint density at radius 3 is 2.40 bits per heavy atom. The second-order valence-electron chi connectivity index (χ2n) is 4.34. The highest BCUT2D eigenvalue weighted by atomic mass is 35.5. The Morgan fingerprint density at radius 2 is 1.75 bits per heavy atom. The maximum absolute atomic E-state index is 12.9. The minimum Gasteiger partial charge on any atom is -0.456 e. The van der Waals surface area contributed by atoms with Gasteiger partial charge in [-0.2, -0.15) is 13.2 Å². The Kier molecular flexibility index (Phi) is 4.23. The van der Waals surface area contributed by atoms with Gasteiger partial charge in [-0.25, -0.2) is 0 Å². The van der Waals surface area contributed by atoms with Gasteiger partial charge in [0.15, 0.2) is 0 Å². The van der Waals surface area contributed by atoms with Crippen molar-refractivity contribution in [1.29, 1.82) is 0 Å². The molecule has 20 heavy (non-hydrogen) atoms. The quantitative estimate of drug-likeness (QED) is 0.676. The lowest BCUT2D eigenvalue weighted by molar-refractivity contribution is -0.138. The van der Waals surface area contributed by atoms with Crippen LogP contribution in [0.3, 0.4) is 0 Å². The maximum atomic E-state index is 12.9. The number of hydrogen-bond donors (Lipinski definition) is 0. The van der Waals surface area contributed by atoms with Gasteiger partial charge in [-0.3, -0.25) is 0 Å². The first-order valence-electron chi connectivity index (χ1n) is 5.91. The predicted octanol–water partition coefficient (Wildman–Crippen LogP) is 5.54. The third kappa shape index (κ3) is 3.25. The molecule has 0 spiro atoms. The number of ether oxygens (including phenoxy) is 1. The van der Waals surface area contributed by atoms with Crippen LogP contribution in [0.15, 0.2) is 42.5 Å². The molecule has 0 aliphatic carbocycles. The highest BCUT2D eigenvalue weighted by Gasteiger charge is 2.34. The van der Waals surface area contributed by atoms with E-state index >= 15 is 0 Å². The topological polar surface area (TPSA) is 9.23 Å². The molecule has 0 unspecified atom stereocenters. The number of aryl methyl sites for hydroxylation is 1. The molecule has 0 bridgehead atoms. The summed E-state index contributed by atoms with van der Waals surface area (Å²) in [5.74, 6) is 0.281. The predicted molar refractivity (Wildman–Crippen MR) is 72.3 cm³/mol. The largest absolute Gasteiger partial charge is 0.456 e. The van der Waals surface area contributed by atoms with E-state index in [1.54, 1.807) is 18.2 Å². The van der Waals surface area contributed by atoms with Gasteiger partial charge < -0.3 is 4.74 Å². The summed E-state index contributed by atoms with van der Waals surface area (Å²) in [5.41, 5.74) is 0.821. The van der Waals surface area contributed by atoms with Crippen molar-refractivity contribution in [2.45, 2.75) is 19.0 Å². The van der Waals surface area contributed by atoms with E-state index in [9.17, 15) is 13.2 Å². The molecule has 0 aliphatic heterocycles. The zero-order chi connectivity index (χ0) is 14.8. The SMILES string of the molecule is Cc1ccc(Oc2ccccc2C(F)(F)F)c(CCl)c1. The second-order valence-corrected chi connectivity index (χ2v) is 4.61. The summed E-state index contributed by atoms with van der Waals surface area (Å²) < 4.78 is 44.1. The number of hydrogen-bond acceptors (Lipinski definition) is 1. The average Bonchev–Trinajstić information content (AvgIpc) is 2.40. The van der Waals surface area contributed by atoms with Crippen LogP contribution < -0.4 is 4.74 Å². The lowest BCUT2D eigenvalue weighted by atomic mass is 10.1. The Labute approximate surface area is 119 Å². The molecule has 2 rings (SSSR count). The molecular formula is C15H12ClF3O. The maximum Gasteiger partial charge on any atom is 0.419 e. The average molecular weight is 301 g/mol. The van der Waals surface area contributed by atoms with Crippen molar-refractivity contribution in [2.75, 3.05) is 0 Å². The highest BCUT2D eigenvalue weighted by molar-refractivity contribution is 6.17. The molecule has 106 valence electrons. The molecule has 0 saturated carbocycles. The van der Waals surface area contributed by atoms with Gasteiger partial charge in [0.05, 0.1) is 11.4 Å². The van der Waals surface area contributed by atoms with Gasteiger partial charge in [0.2, 0.25) is 0 Å². The van der Waals surface area contributed by atoms with Crippen molar-refractivity contribution < 1.29 is 17.9 Å². The van der Waals surface area contributed by atoms with E-state index in [1.807, 2.05) is 6.92 Å². The number of alkyl halides is 4. The monoisotopic (exact) mass is 300 g/mol. The van der Waals surface area contributed by atoms with Gasteiger partial charge in [0.25, 0.3) is 0 Å². The highest BCUT2D eigenvalue weighted by Crippen LogP contribution is 2.38. The van der Waals surface area contributed by atoms with Gasteiger partial charge in [-0.05, 0) is 25.1 Å². The van der Waals surface area contributed by atoms with Crippen molar-refractivity contribution in [2.24, 2.45) is 0 Å². The van der Waals surface area contributed by atoms with Crippen LogP contribution in [0, 0.1) is 6.92 Å². The van der Waals surface area contributed by atoms with Crippen molar-refractivity contribution in [3.63, 3.8) is 0 Å². The van der Waals surface area contributed by atoms with Crippen LogP contribution >= 0.6 is 11.6 Å². The van der Waals surface area contributed by atoms with Gasteiger partial charge >= 0.3 is 6.18 Å². The fourth-order valence-corrected chi connectivity index (χ4v) is 2.03. The van der Waals surface area contributed by atoms with Crippen molar-refractivity contribution in [3.8, 4) is 11.5 Å². The lowest BCUT2D eigenvalue weighted by Crippen LogP contribution is -2.07. The molecular weight excluding hydrogens is 289 g/mol. The molecule has 0 saturated heterocycles.